The zero-order chi connectivity index (χ0) is 25.5. The predicted molar refractivity (Wildman–Crippen MR) is 118 cm³/mol. The molecule has 1 aliphatic heterocycles. The quantitative estimate of drug-likeness (QED) is 0.493. The van der Waals surface area contributed by atoms with Gasteiger partial charge in [-0.05, 0) is 43.9 Å². The number of halogens is 4. The zero-order valence-corrected chi connectivity index (χ0v) is 19.0. The fraction of sp³-hybridized carbons (Fsp3) is 0.435. The van der Waals surface area contributed by atoms with E-state index in [1.54, 1.807) is 11.8 Å². The van der Waals surface area contributed by atoms with Crippen molar-refractivity contribution in [1.82, 2.24) is 20.0 Å². The summed E-state index contributed by atoms with van der Waals surface area (Å²) in [4.78, 5) is 26.2. The predicted octanol–water partition coefficient (Wildman–Crippen LogP) is 2.76. The van der Waals surface area contributed by atoms with E-state index in [2.05, 4.69) is 27.0 Å². The number of carbonyl (C=O) groups is 2. The number of ether oxygens (including phenoxy) is 1. The summed E-state index contributed by atoms with van der Waals surface area (Å²) in [5, 5.41) is 6.96. The molecule has 1 aliphatic carbocycles. The summed E-state index contributed by atoms with van der Waals surface area (Å²) in [7, 11) is 1.41. The zero-order valence-electron chi connectivity index (χ0n) is 19.0. The summed E-state index contributed by atoms with van der Waals surface area (Å²) in [6.45, 7) is 1.08. The number of alkyl halides is 3. The number of hydrogen-bond acceptors (Lipinski definition) is 5. The first kappa shape index (κ1) is 24.4. The number of amides is 2. The first-order valence-corrected chi connectivity index (χ1v) is 10.8. The SMILES string of the molecule is CC#CC(=O)N1CC2(CC(n3nc(-c4ccc(F)c(OCC(F)(F)F)c4)c(C(=O)NC)c3N)C2)C1. The highest BCUT2D eigenvalue weighted by atomic mass is 19.4. The van der Waals surface area contributed by atoms with Crippen molar-refractivity contribution in [3.8, 4) is 28.8 Å². The second-order valence-corrected chi connectivity index (χ2v) is 8.78. The number of nitrogen functional groups attached to an aromatic ring is 1. The van der Waals surface area contributed by atoms with E-state index in [0.29, 0.717) is 25.9 Å². The number of nitrogens with two attached hydrogens (primary N) is 1. The fourth-order valence-electron chi connectivity index (χ4n) is 4.66. The van der Waals surface area contributed by atoms with Crippen LogP contribution in [0.4, 0.5) is 23.4 Å². The third-order valence-corrected chi connectivity index (χ3v) is 6.25. The van der Waals surface area contributed by atoms with Crippen molar-refractivity contribution in [3.05, 3.63) is 29.6 Å². The largest absolute Gasteiger partial charge is 0.481 e. The van der Waals surface area contributed by atoms with Crippen LogP contribution in [0.2, 0.25) is 0 Å². The summed E-state index contributed by atoms with van der Waals surface area (Å²) in [5.74, 6) is 2.83. The third kappa shape index (κ3) is 4.62. The highest BCUT2D eigenvalue weighted by molar-refractivity contribution is 6.04. The summed E-state index contributed by atoms with van der Waals surface area (Å²) < 4.78 is 57.8. The number of aromatic nitrogens is 2. The van der Waals surface area contributed by atoms with Crippen molar-refractivity contribution in [2.75, 3.05) is 32.5 Å². The van der Waals surface area contributed by atoms with Gasteiger partial charge in [0, 0.05) is 31.1 Å². The summed E-state index contributed by atoms with van der Waals surface area (Å²) in [6, 6.07) is 3.16. The van der Waals surface area contributed by atoms with Crippen LogP contribution in [0, 0.1) is 23.1 Å². The van der Waals surface area contributed by atoms with Gasteiger partial charge < -0.3 is 20.7 Å². The molecular formula is C23H23F4N5O3. The molecule has 12 heteroatoms. The molecule has 35 heavy (non-hydrogen) atoms. The molecule has 0 unspecified atom stereocenters. The molecule has 1 spiro atoms. The monoisotopic (exact) mass is 493 g/mol. The van der Waals surface area contributed by atoms with Gasteiger partial charge in [-0.1, -0.05) is 5.92 Å². The Labute approximate surface area is 198 Å². The molecule has 3 N–H and O–H groups in total. The van der Waals surface area contributed by atoms with Crippen LogP contribution in [-0.4, -0.2) is 59.4 Å². The molecule has 1 saturated carbocycles. The first-order valence-electron chi connectivity index (χ1n) is 10.8. The Kier molecular flexibility index (Phi) is 6.12. The van der Waals surface area contributed by atoms with Gasteiger partial charge in [0.25, 0.3) is 11.8 Å². The number of hydrogen-bond donors (Lipinski definition) is 2. The molecule has 8 nitrogen and oxygen atoms in total. The van der Waals surface area contributed by atoms with Crippen molar-refractivity contribution in [3.63, 3.8) is 0 Å². The highest BCUT2D eigenvalue weighted by Gasteiger charge is 2.55. The van der Waals surface area contributed by atoms with Gasteiger partial charge in [-0.15, -0.1) is 0 Å². The normalized spacial score (nSPS) is 16.7. The van der Waals surface area contributed by atoms with Crippen LogP contribution in [0.25, 0.3) is 11.3 Å². The maximum absolute atomic E-state index is 14.1. The van der Waals surface area contributed by atoms with E-state index in [0.717, 1.165) is 12.1 Å². The molecule has 2 aromatic rings. The van der Waals surface area contributed by atoms with Crippen molar-refractivity contribution >= 4 is 17.6 Å². The number of carbonyl (C=O) groups excluding carboxylic acids is 2. The number of benzene rings is 1. The van der Waals surface area contributed by atoms with Crippen LogP contribution in [0.5, 0.6) is 5.75 Å². The maximum Gasteiger partial charge on any atom is 0.422 e. The molecule has 4 rings (SSSR count). The number of nitrogens with zero attached hydrogens (tertiary/aromatic N) is 3. The second-order valence-electron chi connectivity index (χ2n) is 8.78. The lowest BCUT2D eigenvalue weighted by molar-refractivity contribution is -0.153. The molecule has 2 aliphatic rings. The summed E-state index contributed by atoms with van der Waals surface area (Å²) in [6.07, 6.45) is -3.29. The second kappa shape index (κ2) is 8.79. The Morgan fingerprint density at radius 2 is 2.00 bits per heavy atom. The Hall–Kier alpha value is -3.75. The molecular weight excluding hydrogens is 470 g/mol. The molecule has 1 saturated heterocycles. The average Bonchev–Trinajstić information content (AvgIpc) is 3.07. The Bertz CT molecular complexity index is 1230. The molecule has 0 radical (unpaired) electrons. The van der Waals surface area contributed by atoms with Crippen molar-refractivity contribution in [1.29, 1.82) is 0 Å². The van der Waals surface area contributed by atoms with Gasteiger partial charge in [0.15, 0.2) is 18.2 Å². The van der Waals surface area contributed by atoms with Gasteiger partial charge in [0.05, 0.1) is 6.04 Å². The number of anilines is 1. The van der Waals surface area contributed by atoms with Crippen molar-refractivity contribution in [2.24, 2.45) is 5.41 Å². The van der Waals surface area contributed by atoms with E-state index < -0.39 is 30.3 Å². The van der Waals surface area contributed by atoms with E-state index >= 15 is 0 Å². The van der Waals surface area contributed by atoms with Gasteiger partial charge in [-0.3, -0.25) is 9.59 Å². The van der Waals surface area contributed by atoms with Crippen LogP contribution in [0.3, 0.4) is 0 Å². The third-order valence-electron chi connectivity index (χ3n) is 6.25. The smallest absolute Gasteiger partial charge is 0.422 e. The number of rotatable bonds is 5. The van der Waals surface area contributed by atoms with E-state index in [4.69, 9.17) is 5.73 Å². The summed E-state index contributed by atoms with van der Waals surface area (Å²) >= 11 is 0. The van der Waals surface area contributed by atoms with Crippen LogP contribution in [-0.2, 0) is 4.79 Å². The van der Waals surface area contributed by atoms with E-state index in [-0.39, 0.29) is 40.0 Å². The van der Waals surface area contributed by atoms with Gasteiger partial charge in [0.1, 0.15) is 17.1 Å². The van der Waals surface area contributed by atoms with Crippen molar-refractivity contribution < 1.29 is 31.9 Å². The Morgan fingerprint density at radius 1 is 1.31 bits per heavy atom. The van der Waals surface area contributed by atoms with E-state index in [1.165, 1.54) is 17.8 Å². The lowest BCUT2D eigenvalue weighted by atomic mass is 9.60. The summed E-state index contributed by atoms with van der Waals surface area (Å²) in [5.41, 5.74) is 6.53. The van der Waals surface area contributed by atoms with Gasteiger partial charge in [-0.25, -0.2) is 9.07 Å². The fourth-order valence-corrected chi connectivity index (χ4v) is 4.66. The maximum atomic E-state index is 14.1. The minimum Gasteiger partial charge on any atom is -0.481 e. The topological polar surface area (TPSA) is 102 Å². The lowest BCUT2D eigenvalue weighted by Crippen LogP contribution is -2.63. The average molecular weight is 493 g/mol. The van der Waals surface area contributed by atoms with Crippen LogP contribution in [0.1, 0.15) is 36.2 Å². The van der Waals surface area contributed by atoms with Crippen LogP contribution < -0.4 is 15.8 Å². The molecule has 2 amide bonds. The van der Waals surface area contributed by atoms with Crippen molar-refractivity contribution in [2.45, 2.75) is 32.0 Å². The van der Waals surface area contributed by atoms with Gasteiger partial charge in [0.2, 0.25) is 0 Å². The van der Waals surface area contributed by atoms with Crippen LogP contribution in [0.15, 0.2) is 18.2 Å². The Balaban J connectivity index is 1.59. The molecule has 1 aromatic heterocycles. The Morgan fingerprint density at radius 3 is 2.60 bits per heavy atom. The van der Waals surface area contributed by atoms with E-state index in [9.17, 15) is 27.2 Å². The molecule has 2 fully saturated rings. The van der Waals surface area contributed by atoms with Gasteiger partial charge >= 0.3 is 6.18 Å². The number of nitrogens with one attached hydrogen (secondary N) is 1. The lowest BCUT2D eigenvalue weighted by Gasteiger charge is -2.58. The van der Waals surface area contributed by atoms with Gasteiger partial charge in [-0.2, -0.15) is 18.3 Å². The van der Waals surface area contributed by atoms with E-state index in [1.807, 2.05) is 0 Å². The van der Waals surface area contributed by atoms with Crippen LogP contribution >= 0.6 is 0 Å². The molecule has 2 heterocycles. The molecule has 0 bridgehead atoms. The molecule has 1 aromatic carbocycles. The molecule has 186 valence electrons. The number of likely N-dealkylation sites (tertiary alicyclic amines) is 1. The minimum absolute atomic E-state index is 0.0328. The first-order chi connectivity index (χ1) is 16.5. The minimum atomic E-state index is -4.65. The molecule has 0 atom stereocenters. The highest BCUT2D eigenvalue weighted by Crippen LogP contribution is 2.55. The standard InChI is InChI=1S/C23H23F4N5O3/c1-3-4-17(33)31-10-22(11-31)8-14(9-22)32-20(28)18(21(34)29-2)19(30-32)13-5-6-15(24)16(7-13)35-12-23(25,26)27/h5-7,14H,8-12,28H2,1-2H3,(H,29,34).